The molecule has 5 heteroatoms. The molecule has 0 N–H and O–H groups in total. The van der Waals surface area contributed by atoms with E-state index in [9.17, 15) is 4.79 Å². The van der Waals surface area contributed by atoms with Crippen molar-refractivity contribution in [2.24, 2.45) is 46.3 Å². The summed E-state index contributed by atoms with van der Waals surface area (Å²) >= 11 is 2.09. The van der Waals surface area contributed by atoms with Crippen LogP contribution in [0.25, 0.3) is 0 Å². The SMILES string of the molecule is C[C@H](CCCOC(=O)CI)[C@H]1CC[C@H]2[C@@H]3CC[C@@H]4C[C@H](O[Si](C)(C)C(C)(C)C)CC[C@]4(C)[C@H]3CC[C@]12C. The van der Waals surface area contributed by atoms with Crippen LogP contribution in [-0.4, -0.2) is 31.4 Å². The van der Waals surface area contributed by atoms with Gasteiger partial charge in [0.05, 0.1) is 11.0 Å². The Morgan fingerprint density at radius 3 is 2.35 bits per heavy atom. The maximum absolute atomic E-state index is 11.5. The molecular weight excluding hydrogens is 587 g/mol. The first-order chi connectivity index (χ1) is 17.2. The monoisotopic (exact) mass is 644 g/mol. The molecule has 9 atom stereocenters. The molecule has 0 bridgehead atoms. The highest BCUT2D eigenvalue weighted by atomic mass is 127. The molecule has 0 amide bonds. The molecule has 4 aliphatic carbocycles. The van der Waals surface area contributed by atoms with E-state index in [1.807, 2.05) is 0 Å². The average molecular weight is 645 g/mol. The fraction of sp³-hybridized carbons (Fsp3) is 0.969. The van der Waals surface area contributed by atoms with E-state index in [0.717, 1.165) is 41.9 Å². The predicted molar refractivity (Wildman–Crippen MR) is 166 cm³/mol. The van der Waals surface area contributed by atoms with Gasteiger partial charge in [0, 0.05) is 6.10 Å². The number of hydrogen-bond acceptors (Lipinski definition) is 3. The number of rotatable bonds is 8. The summed E-state index contributed by atoms with van der Waals surface area (Å²) in [5.74, 6) is 5.18. The first-order valence-electron chi connectivity index (χ1n) is 15.6. The van der Waals surface area contributed by atoms with Gasteiger partial charge in [-0.3, -0.25) is 4.79 Å². The molecule has 4 saturated carbocycles. The van der Waals surface area contributed by atoms with Crippen molar-refractivity contribution in [1.29, 1.82) is 0 Å². The van der Waals surface area contributed by atoms with E-state index in [1.165, 1.54) is 64.2 Å². The summed E-state index contributed by atoms with van der Waals surface area (Å²) in [5.41, 5.74) is 1.05. The van der Waals surface area contributed by atoms with Gasteiger partial charge in [0.1, 0.15) is 0 Å². The van der Waals surface area contributed by atoms with Gasteiger partial charge in [-0.15, -0.1) is 0 Å². The van der Waals surface area contributed by atoms with Crippen LogP contribution in [0.5, 0.6) is 0 Å². The number of esters is 1. The second-order valence-electron chi connectivity index (χ2n) is 15.6. The molecule has 0 aromatic carbocycles. The lowest BCUT2D eigenvalue weighted by molar-refractivity contribution is -0.140. The van der Waals surface area contributed by atoms with E-state index >= 15 is 0 Å². The van der Waals surface area contributed by atoms with E-state index in [1.54, 1.807) is 0 Å². The van der Waals surface area contributed by atoms with Crippen LogP contribution < -0.4 is 0 Å². The number of carbonyl (C=O) groups is 1. The van der Waals surface area contributed by atoms with Gasteiger partial charge in [-0.1, -0.05) is 64.1 Å². The minimum absolute atomic E-state index is 0.0656. The normalized spacial score (nSPS) is 40.9. The van der Waals surface area contributed by atoms with Crippen molar-refractivity contribution < 1.29 is 14.0 Å². The highest BCUT2D eigenvalue weighted by Crippen LogP contribution is 2.68. The van der Waals surface area contributed by atoms with Gasteiger partial charge in [-0.05, 0) is 135 Å². The van der Waals surface area contributed by atoms with Crippen molar-refractivity contribution in [2.75, 3.05) is 11.0 Å². The standard InChI is InChI=1S/C32H57IO3Si/c1-22(10-9-19-35-29(34)21-33)26-13-14-27-25-12-11-23-20-24(36-37(7,8)30(2,3)4)15-17-31(23,5)28(25)16-18-32(26,27)6/h22-28H,9-21H2,1-8H3/t22-,23-,24-,25+,26-,27+,28+,31+,32-/m1/s1. The lowest BCUT2D eigenvalue weighted by atomic mass is 9.44. The second kappa shape index (κ2) is 11.3. The van der Waals surface area contributed by atoms with Crippen LogP contribution in [-0.2, 0) is 14.0 Å². The zero-order valence-corrected chi connectivity index (χ0v) is 28.5. The molecule has 0 heterocycles. The van der Waals surface area contributed by atoms with Crippen molar-refractivity contribution in [3.05, 3.63) is 0 Å². The Morgan fingerprint density at radius 2 is 1.68 bits per heavy atom. The highest BCUT2D eigenvalue weighted by Gasteiger charge is 2.60. The molecule has 3 nitrogen and oxygen atoms in total. The van der Waals surface area contributed by atoms with Crippen molar-refractivity contribution in [2.45, 2.75) is 136 Å². The van der Waals surface area contributed by atoms with Crippen LogP contribution in [0.4, 0.5) is 0 Å². The van der Waals surface area contributed by atoms with Crippen LogP contribution >= 0.6 is 22.6 Å². The smallest absolute Gasteiger partial charge is 0.315 e. The maximum Gasteiger partial charge on any atom is 0.315 e. The minimum Gasteiger partial charge on any atom is -0.465 e. The molecule has 4 fully saturated rings. The summed E-state index contributed by atoms with van der Waals surface area (Å²) in [5, 5.41) is 0.301. The Labute approximate surface area is 243 Å². The molecule has 0 aromatic rings. The van der Waals surface area contributed by atoms with Gasteiger partial charge >= 0.3 is 5.97 Å². The van der Waals surface area contributed by atoms with Gasteiger partial charge in [0.2, 0.25) is 0 Å². The largest absolute Gasteiger partial charge is 0.465 e. The van der Waals surface area contributed by atoms with Gasteiger partial charge in [-0.25, -0.2) is 0 Å². The quantitative estimate of drug-likeness (QED) is 0.0869. The summed E-state index contributed by atoms with van der Waals surface area (Å²) in [6.07, 6.45) is 15.4. The average Bonchev–Trinajstić information content (AvgIpc) is 3.18. The Bertz CT molecular complexity index is 808. The Morgan fingerprint density at radius 1 is 1.00 bits per heavy atom. The van der Waals surface area contributed by atoms with E-state index in [2.05, 4.69) is 77.2 Å². The molecule has 0 aliphatic heterocycles. The Hall–Kier alpha value is 0.377. The third-order valence-electron chi connectivity index (χ3n) is 12.8. The zero-order valence-electron chi connectivity index (χ0n) is 25.3. The predicted octanol–water partition coefficient (Wildman–Crippen LogP) is 9.43. The van der Waals surface area contributed by atoms with Gasteiger partial charge in [-0.2, -0.15) is 0 Å². The van der Waals surface area contributed by atoms with Crippen molar-refractivity contribution in [1.82, 2.24) is 0 Å². The Kier molecular flexibility index (Phi) is 9.29. The minimum atomic E-state index is -1.70. The molecule has 0 spiro atoms. The number of carbonyl (C=O) groups excluding carboxylic acids is 1. The summed E-state index contributed by atoms with van der Waals surface area (Å²) in [4.78, 5) is 11.5. The van der Waals surface area contributed by atoms with Crippen LogP contribution in [0.2, 0.25) is 18.1 Å². The highest BCUT2D eigenvalue weighted by molar-refractivity contribution is 14.1. The van der Waals surface area contributed by atoms with Crippen LogP contribution in [0.1, 0.15) is 112 Å². The fourth-order valence-corrected chi connectivity index (χ4v) is 11.3. The van der Waals surface area contributed by atoms with Crippen LogP contribution in [0, 0.1) is 46.3 Å². The molecule has 0 aromatic heterocycles. The first-order valence-corrected chi connectivity index (χ1v) is 20.1. The summed E-state index contributed by atoms with van der Waals surface area (Å²) < 4.78 is 12.8. The topological polar surface area (TPSA) is 35.5 Å². The Balaban J connectivity index is 1.37. The van der Waals surface area contributed by atoms with Gasteiger partial charge in [0.25, 0.3) is 0 Å². The van der Waals surface area contributed by atoms with Crippen LogP contribution in [0.3, 0.4) is 0 Å². The molecule has 214 valence electrons. The van der Waals surface area contributed by atoms with E-state index in [4.69, 9.17) is 9.16 Å². The lowest BCUT2D eigenvalue weighted by Crippen LogP contribution is -2.55. The number of halogens is 1. The van der Waals surface area contributed by atoms with Crippen molar-refractivity contribution in [3.63, 3.8) is 0 Å². The molecular formula is C32H57IO3Si. The molecule has 37 heavy (non-hydrogen) atoms. The van der Waals surface area contributed by atoms with E-state index in [0.29, 0.717) is 33.0 Å². The van der Waals surface area contributed by atoms with Crippen LogP contribution in [0.15, 0.2) is 0 Å². The number of ether oxygens (including phenoxy) is 1. The summed E-state index contributed by atoms with van der Waals surface area (Å²) in [6, 6.07) is 0. The van der Waals surface area contributed by atoms with Crippen molar-refractivity contribution >= 4 is 36.9 Å². The number of alkyl halides is 1. The molecule has 4 aliphatic rings. The van der Waals surface area contributed by atoms with Gasteiger partial charge < -0.3 is 9.16 Å². The van der Waals surface area contributed by atoms with E-state index < -0.39 is 8.32 Å². The fourth-order valence-electron chi connectivity index (χ4n) is 9.73. The second-order valence-corrected chi connectivity index (χ2v) is 21.2. The third kappa shape index (κ3) is 5.90. The summed E-state index contributed by atoms with van der Waals surface area (Å²) in [7, 11) is -1.70. The molecule has 4 rings (SSSR count). The molecule has 0 saturated heterocycles. The lowest BCUT2D eigenvalue weighted by Gasteiger charge is -2.61. The maximum atomic E-state index is 11.5. The number of hydrogen-bond donors (Lipinski definition) is 0. The summed E-state index contributed by atoms with van der Waals surface area (Å²) in [6.45, 7) is 20.5. The molecule has 0 unspecified atom stereocenters. The van der Waals surface area contributed by atoms with Gasteiger partial charge in [0.15, 0.2) is 8.32 Å². The van der Waals surface area contributed by atoms with Crippen molar-refractivity contribution in [3.8, 4) is 0 Å². The zero-order chi connectivity index (χ0) is 27.2. The first kappa shape index (κ1) is 30.3. The number of fused-ring (bicyclic) bond motifs is 5. The molecule has 0 radical (unpaired) electrons. The van der Waals surface area contributed by atoms with E-state index in [-0.39, 0.29) is 5.97 Å². The third-order valence-corrected chi connectivity index (χ3v) is 18.0.